The third kappa shape index (κ3) is 5.51. The number of rotatable bonds is 6. The zero-order chi connectivity index (χ0) is 34.6. The maximum absolute atomic E-state index is 13.5. The summed E-state index contributed by atoms with van der Waals surface area (Å²) in [5.74, 6) is -1.66. The van der Waals surface area contributed by atoms with Gasteiger partial charge in [0.15, 0.2) is 0 Å². The summed E-state index contributed by atoms with van der Waals surface area (Å²) in [5, 5.41) is 18.1. The summed E-state index contributed by atoms with van der Waals surface area (Å²) in [7, 11) is 0. The summed E-state index contributed by atoms with van der Waals surface area (Å²) >= 11 is 0. The Hall–Kier alpha value is -5.38. The second-order valence-corrected chi connectivity index (χ2v) is 11.3. The molecule has 2 aromatic rings. The molecule has 6 amide bonds. The molecule has 2 aromatic carbocycles. The Kier molecular flexibility index (Phi) is 8.16. The van der Waals surface area contributed by atoms with Gasteiger partial charge in [-0.1, -0.05) is 12.2 Å². The predicted octanol–water partition coefficient (Wildman–Crippen LogP) is 5.82. The highest BCUT2D eigenvalue weighted by Crippen LogP contribution is 2.39. The van der Waals surface area contributed by atoms with E-state index in [1.54, 1.807) is 0 Å². The summed E-state index contributed by atoms with van der Waals surface area (Å²) in [6, 6.07) is 5.85. The van der Waals surface area contributed by atoms with Gasteiger partial charge in [0, 0.05) is 13.1 Å². The lowest BCUT2D eigenvalue weighted by Crippen LogP contribution is -2.45. The number of nitriles is 2. The normalized spacial score (nSPS) is 18.2. The Morgan fingerprint density at radius 1 is 0.652 bits per heavy atom. The summed E-state index contributed by atoms with van der Waals surface area (Å²) in [4.78, 5) is 56.2. The van der Waals surface area contributed by atoms with E-state index >= 15 is 0 Å². The third-order valence-corrected chi connectivity index (χ3v) is 7.76. The van der Waals surface area contributed by atoms with Gasteiger partial charge in [-0.05, 0) is 64.1 Å². The van der Waals surface area contributed by atoms with Crippen LogP contribution in [0.25, 0.3) is 0 Å². The van der Waals surface area contributed by atoms with Crippen LogP contribution in [0.3, 0.4) is 0 Å². The van der Waals surface area contributed by atoms with Crippen molar-refractivity contribution < 1.29 is 45.5 Å². The number of carbonyl (C=O) groups excluding carboxylic acids is 4. The SMILES string of the molecule is CC1(C)C(=O)N(c2ccc(C#N)c(C(F)(F)F)c2)C(=O)N1CC=CCN1C(=O)N(c2ccc(C#N)c(C(F)(F)F)c2)C(=O)C1(C)C. The molecule has 0 bridgehead atoms. The Balaban J connectivity index is 1.55. The van der Waals surface area contributed by atoms with Crippen molar-refractivity contribution in [1.29, 1.82) is 10.5 Å². The van der Waals surface area contributed by atoms with Crippen LogP contribution in [0, 0.1) is 22.7 Å². The van der Waals surface area contributed by atoms with Crippen LogP contribution in [0.15, 0.2) is 48.6 Å². The largest absolute Gasteiger partial charge is 0.417 e. The van der Waals surface area contributed by atoms with Gasteiger partial charge in [0.2, 0.25) is 0 Å². The van der Waals surface area contributed by atoms with E-state index in [0.717, 1.165) is 34.1 Å². The lowest BCUT2D eigenvalue weighted by Gasteiger charge is -2.27. The maximum atomic E-state index is 13.5. The predicted molar refractivity (Wildman–Crippen MR) is 149 cm³/mol. The van der Waals surface area contributed by atoms with E-state index in [4.69, 9.17) is 10.5 Å². The molecule has 0 spiro atoms. The molecule has 0 aromatic heterocycles. The van der Waals surface area contributed by atoms with Crippen LogP contribution >= 0.6 is 0 Å². The highest BCUT2D eigenvalue weighted by atomic mass is 19.4. The van der Waals surface area contributed by atoms with Crippen LogP contribution in [0.5, 0.6) is 0 Å². The molecule has 46 heavy (non-hydrogen) atoms. The first-order valence-corrected chi connectivity index (χ1v) is 13.4. The van der Waals surface area contributed by atoms with Gasteiger partial charge in [-0.2, -0.15) is 36.9 Å². The van der Waals surface area contributed by atoms with Gasteiger partial charge in [-0.25, -0.2) is 19.4 Å². The maximum Gasteiger partial charge on any atom is 0.417 e. The molecule has 0 N–H and O–H groups in total. The van der Waals surface area contributed by atoms with E-state index in [1.165, 1.54) is 52.0 Å². The standard InChI is InChI=1S/C30H24F6N6O4/c1-27(2)23(43)41(19-9-7-17(15-37)21(13-19)29(31,32)33)25(45)39(27)11-5-6-12-40-26(46)42(24(44)28(40,3)4)20-10-8-18(16-38)22(14-20)30(34,35)36/h5-10,13-14H,11-12H2,1-4H3. The van der Waals surface area contributed by atoms with E-state index < -0.39 is 69.6 Å². The van der Waals surface area contributed by atoms with Gasteiger partial charge < -0.3 is 9.80 Å². The number of halogens is 6. The van der Waals surface area contributed by atoms with Crippen molar-refractivity contribution in [2.75, 3.05) is 22.9 Å². The number of nitrogens with zero attached hydrogens (tertiary/aromatic N) is 6. The van der Waals surface area contributed by atoms with Crippen molar-refractivity contribution in [3.8, 4) is 12.1 Å². The lowest BCUT2D eigenvalue weighted by atomic mass is 10.0. The summed E-state index contributed by atoms with van der Waals surface area (Å²) in [6.07, 6.45) is -7.08. The molecule has 0 aliphatic carbocycles. The zero-order valence-electron chi connectivity index (χ0n) is 24.6. The Morgan fingerprint density at radius 3 is 1.26 bits per heavy atom. The van der Waals surface area contributed by atoms with E-state index in [9.17, 15) is 45.5 Å². The zero-order valence-corrected chi connectivity index (χ0v) is 24.6. The molecule has 2 fully saturated rings. The fourth-order valence-corrected chi connectivity index (χ4v) is 5.11. The minimum Gasteiger partial charge on any atom is -0.306 e. The van der Waals surface area contributed by atoms with Gasteiger partial charge in [0.1, 0.15) is 11.1 Å². The van der Waals surface area contributed by atoms with Gasteiger partial charge in [-0.3, -0.25) is 9.59 Å². The fraction of sp³-hybridized carbons (Fsp3) is 0.333. The van der Waals surface area contributed by atoms with Crippen LogP contribution in [-0.4, -0.2) is 57.8 Å². The molecule has 2 saturated heterocycles. The molecule has 2 heterocycles. The van der Waals surface area contributed by atoms with Crippen LogP contribution in [-0.2, 0) is 21.9 Å². The number of alkyl halides is 6. The first kappa shape index (κ1) is 33.5. The molecular weight excluding hydrogens is 622 g/mol. The molecule has 0 radical (unpaired) electrons. The molecular formula is C30H24F6N6O4. The number of imide groups is 2. The summed E-state index contributed by atoms with van der Waals surface area (Å²) in [6.45, 7) is 5.03. The van der Waals surface area contributed by atoms with Gasteiger partial charge in [0.25, 0.3) is 11.8 Å². The quantitative estimate of drug-likeness (QED) is 0.221. The van der Waals surface area contributed by atoms with Gasteiger partial charge >= 0.3 is 24.4 Å². The lowest BCUT2D eigenvalue weighted by molar-refractivity contribution is -0.138. The number of carbonyl (C=O) groups is 4. The van der Waals surface area contributed by atoms with E-state index in [1.807, 2.05) is 0 Å². The summed E-state index contributed by atoms with van der Waals surface area (Å²) in [5.41, 5.74) is -7.83. The van der Waals surface area contributed by atoms with Crippen molar-refractivity contribution in [3.63, 3.8) is 0 Å². The van der Waals surface area contributed by atoms with Crippen LogP contribution in [0.1, 0.15) is 49.9 Å². The molecule has 10 nitrogen and oxygen atoms in total. The highest BCUT2D eigenvalue weighted by molar-refractivity contribution is 6.23. The first-order chi connectivity index (χ1) is 21.2. The molecule has 4 rings (SSSR count). The van der Waals surface area contributed by atoms with Crippen LogP contribution in [0.2, 0.25) is 0 Å². The highest BCUT2D eigenvalue weighted by Gasteiger charge is 2.53. The van der Waals surface area contributed by atoms with Crippen molar-refractivity contribution in [3.05, 3.63) is 70.8 Å². The summed E-state index contributed by atoms with van der Waals surface area (Å²) < 4.78 is 81.1. The average Bonchev–Trinajstić information content (AvgIpc) is 3.24. The molecule has 240 valence electrons. The number of hydrogen-bond donors (Lipinski definition) is 0. The van der Waals surface area contributed by atoms with Crippen molar-refractivity contribution >= 4 is 35.3 Å². The number of benzene rings is 2. The fourth-order valence-electron chi connectivity index (χ4n) is 5.11. The Morgan fingerprint density at radius 2 is 0.978 bits per heavy atom. The van der Waals surface area contributed by atoms with E-state index in [2.05, 4.69) is 0 Å². The van der Waals surface area contributed by atoms with Crippen LogP contribution < -0.4 is 9.80 Å². The smallest absolute Gasteiger partial charge is 0.306 e. The second kappa shape index (κ2) is 11.2. The molecule has 0 atom stereocenters. The molecule has 0 unspecified atom stereocenters. The molecule has 0 saturated carbocycles. The minimum atomic E-state index is -4.93. The number of amides is 6. The third-order valence-electron chi connectivity index (χ3n) is 7.76. The molecule has 2 aliphatic heterocycles. The Bertz CT molecular complexity index is 1640. The monoisotopic (exact) mass is 646 g/mol. The average molecular weight is 647 g/mol. The topological polar surface area (TPSA) is 129 Å². The van der Waals surface area contributed by atoms with Crippen molar-refractivity contribution in [2.45, 2.75) is 51.1 Å². The second-order valence-electron chi connectivity index (χ2n) is 11.3. The van der Waals surface area contributed by atoms with E-state index in [-0.39, 0.29) is 24.5 Å². The molecule has 2 aliphatic rings. The van der Waals surface area contributed by atoms with Gasteiger partial charge in [-0.15, -0.1) is 0 Å². The number of hydrogen-bond acceptors (Lipinski definition) is 6. The Labute approximate surface area is 258 Å². The van der Waals surface area contributed by atoms with Crippen molar-refractivity contribution in [2.24, 2.45) is 0 Å². The van der Waals surface area contributed by atoms with Crippen molar-refractivity contribution in [1.82, 2.24) is 9.80 Å². The minimum absolute atomic E-state index is 0.249. The van der Waals surface area contributed by atoms with E-state index in [0.29, 0.717) is 21.9 Å². The number of urea groups is 2. The molecule has 16 heteroatoms. The van der Waals surface area contributed by atoms with Gasteiger partial charge in [0.05, 0.1) is 45.8 Å². The first-order valence-electron chi connectivity index (χ1n) is 13.4. The van der Waals surface area contributed by atoms with Crippen LogP contribution in [0.4, 0.5) is 47.3 Å². The number of anilines is 2.